The SMILES string of the molecule is C=C(C)C(=O)/C=C(/C)NN. The number of allylic oxidation sites excluding steroid dienone is 3. The van der Waals surface area contributed by atoms with E-state index in [9.17, 15) is 4.79 Å². The maximum Gasteiger partial charge on any atom is 0.182 e. The lowest BCUT2D eigenvalue weighted by atomic mass is 10.2. The molecule has 0 amide bonds. The fourth-order valence-electron chi connectivity index (χ4n) is 0.362. The molecule has 3 nitrogen and oxygen atoms in total. The van der Waals surface area contributed by atoms with Crippen LogP contribution in [0.4, 0.5) is 0 Å². The van der Waals surface area contributed by atoms with Crippen molar-refractivity contribution in [3.8, 4) is 0 Å². The van der Waals surface area contributed by atoms with E-state index < -0.39 is 0 Å². The molecule has 0 rings (SSSR count). The summed E-state index contributed by atoms with van der Waals surface area (Å²) >= 11 is 0. The molecule has 0 saturated carbocycles. The van der Waals surface area contributed by atoms with Crippen molar-refractivity contribution in [3.63, 3.8) is 0 Å². The first-order valence-electron chi connectivity index (χ1n) is 2.92. The molecule has 3 heteroatoms. The number of nitrogens with two attached hydrogens (primary N) is 1. The van der Waals surface area contributed by atoms with Gasteiger partial charge in [-0.05, 0) is 19.4 Å². The maximum absolute atomic E-state index is 10.8. The predicted octanol–water partition coefficient (Wildman–Crippen LogP) is 0.499. The molecule has 0 radical (unpaired) electrons. The molecule has 0 heterocycles. The van der Waals surface area contributed by atoms with Crippen molar-refractivity contribution in [2.75, 3.05) is 0 Å². The number of carbonyl (C=O) groups excluding carboxylic acids is 1. The monoisotopic (exact) mass is 140 g/mol. The van der Waals surface area contributed by atoms with Gasteiger partial charge in [0.05, 0.1) is 0 Å². The van der Waals surface area contributed by atoms with Gasteiger partial charge in [0.15, 0.2) is 5.78 Å². The van der Waals surface area contributed by atoms with Crippen molar-refractivity contribution in [1.29, 1.82) is 0 Å². The third-order valence-electron chi connectivity index (χ3n) is 0.996. The summed E-state index contributed by atoms with van der Waals surface area (Å²) in [6.07, 6.45) is 1.41. The van der Waals surface area contributed by atoms with Crippen molar-refractivity contribution in [2.45, 2.75) is 13.8 Å². The summed E-state index contributed by atoms with van der Waals surface area (Å²) in [7, 11) is 0. The Morgan fingerprint density at radius 1 is 1.60 bits per heavy atom. The van der Waals surface area contributed by atoms with Gasteiger partial charge in [0.1, 0.15) is 0 Å². The van der Waals surface area contributed by atoms with Crippen molar-refractivity contribution >= 4 is 5.78 Å². The third-order valence-corrected chi connectivity index (χ3v) is 0.996. The summed E-state index contributed by atoms with van der Waals surface area (Å²) in [5.74, 6) is 4.92. The molecule has 0 aromatic rings. The Bertz CT molecular complexity index is 182. The van der Waals surface area contributed by atoms with Crippen LogP contribution in [-0.4, -0.2) is 5.78 Å². The topological polar surface area (TPSA) is 55.1 Å². The van der Waals surface area contributed by atoms with Gasteiger partial charge in [-0.15, -0.1) is 0 Å². The van der Waals surface area contributed by atoms with Crippen LogP contribution in [0.25, 0.3) is 0 Å². The summed E-state index contributed by atoms with van der Waals surface area (Å²) in [4.78, 5) is 10.8. The zero-order valence-electron chi connectivity index (χ0n) is 6.27. The first-order valence-corrected chi connectivity index (χ1v) is 2.92. The highest BCUT2D eigenvalue weighted by Gasteiger charge is 1.96. The first-order chi connectivity index (χ1) is 4.57. The molecule has 0 saturated heterocycles. The van der Waals surface area contributed by atoms with Crippen LogP contribution in [0.1, 0.15) is 13.8 Å². The molecule has 10 heavy (non-hydrogen) atoms. The minimum absolute atomic E-state index is 0.101. The molecule has 0 aliphatic heterocycles. The minimum Gasteiger partial charge on any atom is -0.328 e. The quantitative estimate of drug-likeness (QED) is 0.341. The van der Waals surface area contributed by atoms with Crippen LogP contribution in [0.15, 0.2) is 23.9 Å². The normalized spacial score (nSPS) is 10.9. The second-order valence-corrected chi connectivity index (χ2v) is 2.12. The van der Waals surface area contributed by atoms with Crippen molar-refractivity contribution in [1.82, 2.24) is 5.43 Å². The van der Waals surface area contributed by atoms with E-state index in [4.69, 9.17) is 5.84 Å². The molecule has 3 N–H and O–H groups in total. The molecule has 0 spiro atoms. The second kappa shape index (κ2) is 3.85. The van der Waals surface area contributed by atoms with E-state index in [1.54, 1.807) is 13.8 Å². The largest absolute Gasteiger partial charge is 0.328 e. The van der Waals surface area contributed by atoms with E-state index in [1.807, 2.05) is 0 Å². The van der Waals surface area contributed by atoms with Gasteiger partial charge < -0.3 is 5.43 Å². The predicted molar refractivity (Wildman–Crippen MR) is 40.9 cm³/mol. The zero-order chi connectivity index (χ0) is 8.15. The van der Waals surface area contributed by atoms with Crippen LogP contribution in [0.2, 0.25) is 0 Å². The lowest BCUT2D eigenvalue weighted by Gasteiger charge is -1.96. The number of ketones is 1. The molecule has 0 atom stereocenters. The van der Waals surface area contributed by atoms with Crippen molar-refractivity contribution in [2.24, 2.45) is 5.84 Å². The summed E-state index contributed by atoms with van der Waals surface area (Å²) in [6, 6.07) is 0. The Kier molecular flexibility index (Phi) is 3.43. The highest BCUT2D eigenvalue weighted by Crippen LogP contribution is 1.93. The summed E-state index contributed by atoms with van der Waals surface area (Å²) < 4.78 is 0. The number of nitrogens with one attached hydrogen (secondary N) is 1. The standard InChI is InChI=1S/C7H12N2O/c1-5(2)7(10)4-6(3)9-8/h4,9H,1,8H2,2-3H3/b6-4-. The fraction of sp³-hybridized carbons (Fsp3) is 0.286. The Hall–Kier alpha value is -1.09. The highest BCUT2D eigenvalue weighted by molar-refractivity contribution is 6.03. The minimum atomic E-state index is -0.101. The maximum atomic E-state index is 10.8. The molecule has 0 bridgehead atoms. The van der Waals surface area contributed by atoms with Gasteiger partial charge in [-0.1, -0.05) is 6.58 Å². The smallest absolute Gasteiger partial charge is 0.182 e. The Morgan fingerprint density at radius 2 is 2.10 bits per heavy atom. The number of hydrogen-bond acceptors (Lipinski definition) is 3. The molecule has 0 unspecified atom stereocenters. The van der Waals surface area contributed by atoms with E-state index >= 15 is 0 Å². The number of hydrogen-bond donors (Lipinski definition) is 2. The molecule has 0 aromatic carbocycles. The molecule has 0 aromatic heterocycles. The molecule has 56 valence electrons. The van der Waals surface area contributed by atoms with Crippen LogP contribution in [0.3, 0.4) is 0 Å². The van der Waals surface area contributed by atoms with E-state index in [0.29, 0.717) is 11.3 Å². The Morgan fingerprint density at radius 3 is 2.40 bits per heavy atom. The average molecular weight is 140 g/mol. The summed E-state index contributed by atoms with van der Waals surface area (Å²) in [5.41, 5.74) is 3.49. The first kappa shape index (κ1) is 8.91. The van der Waals surface area contributed by atoms with Gasteiger partial charge in [-0.3, -0.25) is 10.6 Å². The third kappa shape index (κ3) is 3.04. The second-order valence-electron chi connectivity index (χ2n) is 2.12. The van der Waals surface area contributed by atoms with Crippen LogP contribution in [-0.2, 0) is 4.79 Å². The van der Waals surface area contributed by atoms with Gasteiger partial charge in [0, 0.05) is 11.8 Å². The van der Waals surface area contributed by atoms with Crippen molar-refractivity contribution in [3.05, 3.63) is 23.9 Å². The molecular formula is C7H12N2O. The van der Waals surface area contributed by atoms with Gasteiger partial charge in [0.2, 0.25) is 0 Å². The molecule has 0 aliphatic rings. The van der Waals surface area contributed by atoms with E-state index in [0.717, 1.165) is 0 Å². The van der Waals surface area contributed by atoms with E-state index in [1.165, 1.54) is 6.08 Å². The zero-order valence-corrected chi connectivity index (χ0v) is 6.27. The summed E-state index contributed by atoms with van der Waals surface area (Å²) in [6.45, 7) is 6.84. The molecule has 0 fully saturated rings. The Labute approximate surface area is 60.6 Å². The number of rotatable bonds is 3. The average Bonchev–Trinajstić information content (AvgIpc) is 1.87. The Balaban J connectivity index is 4.13. The lowest BCUT2D eigenvalue weighted by Crippen LogP contribution is -2.19. The van der Waals surface area contributed by atoms with Gasteiger partial charge in [-0.25, -0.2) is 0 Å². The molecule has 0 aliphatic carbocycles. The van der Waals surface area contributed by atoms with Gasteiger partial charge >= 0.3 is 0 Å². The van der Waals surface area contributed by atoms with E-state index in [2.05, 4.69) is 12.0 Å². The van der Waals surface area contributed by atoms with Gasteiger partial charge in [-0.2, -0.15) is 0 Å². The van der Waals surface area contributed by atoms with Crippen LogP contribution >= 0.6 is 0 Å². The molecular weight excluding hydrogens is 128 g/mol. The fourth-order valence-corrected chi connectivity index (χ4v) is 0.362. The van der Waals surface area contributed by atoms with Gasteiger partial charge in [0.25, 0.3) is 0 Å². The lowest BCUT2D eigenvalue weighted by molar-refractivity contribution is -0.111. The van der Waals surface area contributed by atoms with Crippen LogP contribution in [0, 0.1) is 0 Å². The van der Waals surface area contributed by atoms with E-state index in [-0.39, 0.29) is 5.78 Å². The van der Waals surface area contributed by atoms with Crippen molar-refractivity contribution < 1.29 is 4.79 Å². The van der Waals surface area contributed by atoms with Crippen LogP contribution < -0.4 is 11.3 Å². The summed E-state index contributed by atoms with van der Waals surface area (Å²) in [5, 5.41) is 0. The number of carbonyl (C=O) groups is 1. The number of hydrazine groups is 1. The highest BCUT2D eigenvalue weighted by atomic mass is 16.1. The van der Waals surface area contributed by atoms with Crippen LogP contribution in [0.5, 0.6) is 0 Å².